The van der Waals surface area contributed by atoms with E-state index in [0.29, 0.717) is 0 Å². The molecule has 3 heteroatoms. The van der Waals surface area contributed by atoms with Crippen LogP contribution in [0.15, 0.2) is 0 Å². The Kier molecular flexibility index (Phi) is 4.02. The molecule has 0 saturated heterocycles. The first kappa shape index (κ1) is 11.6. The van der Waals surface area contributed by atoms with Crippen LogP contribution in [-0.2, 0) is 4.79 Å². The van der Waals surface area contributed by atoms with E-state index in [9.17, 15) is 13.6 Å². The summed E-state index contributed by atoms with van der Waals surface area (Å²) in [6.45, 7) is 0.983. The molecule has 0 bridgehead atoms. The minimum atomic E-state index is -3.09. The number of carbonyl (C=O) groups excluding carboxylic acids is 1. The zero-order valence-corrected chi connectivity index (χ0v) is 8.69. The van der Waals surface area contributed by atoms with Crippen LogP contribution in [0.25, 0.3) is 0 Å². The first-order chi connectivity index (χ1) is 6.52. The smallest absolute Gasteiger partial charge is 0.293 e. The van der Waals surface area contributed by atoms with Crippen LogP contribution >= 0.6 is 0 Å². The quantitative estimate of drug-likeness (QED) is 0.642. The Morgan fingerprint density at radius 1 is 1.21 bits per heavy atom. The molecule has 0 aromatic heterocycles. The van der Waals surface area contributed by atoms with E-state index in [4.69, 9.17) is 0 Å². The van der Waals surface area contributed by atoms with Gasteiger partial charge < -0.3 is 0 Å². The highest BCUT2D eigenvalue weighted by Crippen LogP contribution is 2.32. The molecule has 1 rings (SSSR count). The molecule has 0 atom stereocenters. The highest BCUT2D eigenvalue weighted by molar-refractivity contribution is 5.82. The monoisotopic (exact) mass is 204 g/mol. The zero-order chi connectivity index (χ0) is 10.6. The lowest BCUT2D eigenvalue weighted by Gasteiger charge is -2.19. The highest BCUT2D eigenvalue weighted by atomic mass is 19.3. The van der Waals surface area contributed by atoms with Crippen LogP contribution < -0.4 is 0 Å². The minimum absolute atomic E-state index is 0.0522. The van der Waals surface area contributed by atoms with Gasteiger partial charge in [0.25, 0.3) is 0 Å². The van der Waals surface area contributed by atoms with E-state index in [-0.39, 0.29) is 12.3 Å². The first-order valence-corrected chi connectivity index (χ1v) is 5.41. The summed E-state index contributed by atoms with van der Waals surface area (Å²) < 4.78 is 26.2. The normalized spacial score (nSPS) is 20.5. The highest BCUT2D eigenvalue weighted by Gasteiger charge is 2.37. The second-order valence-electron chi connectivity index (χ2n) is 4.32. The van der Waals surface area contributed by atoms with E-state index in [2.05, 4.69) is 0 Å². The van der Waals surface area contributed by atoms with E-state index in [1.165, 1.54) is 0 Å². The maximum absolute atomic E-state index is 13.1. The molecule has 1 aliphatic carbocycles. The SMILES string of the molecule is CC(=O)C(F)(F)CC1CCCCCC1. The van der Waals surface area contributed by atoms with Crippen molar-refractivity contribution in [3.05, 3.63) is 0 Å². The van der Waals surface area contributed by atoms with Gasteiger partial charge in [0.2, 0.25) is 0 Å². The molecule has 0 radical (unpaired) electrons. The van der Waals surface area contributed by atoms with Gasteiger partial charge >= 0.3 is 5.92 Å². The van der Waals surface area contributed by atoms with Gasteiger partial charge in [-0.15, -0.1) is 0 Å². The van der Waals surface area contributed by atoms with Gasteiger partial charge in [0.05, 0.1) is 0 Å². The molecule has 0 heterocycles. The Hall–Kier alpha value is -0.470. The topological polar surface area (TPSA) is 17.1 Å². The van der Waals surface area contributed by atoms with Crippen LogP contribution in [0.4, 0.5) is 8.78 Å². The van der Waals surface area contributed by atoms with E-state index in [1.54, 1.807) is 0 Å². The molecule has 0 N–H and O–H groups in total. The van der Waals surface area contributed by atoms with Gasteiger partial charge in [-0.3, -0.25) is 4.79 Å². The van der Waals surface area contributed by atoms with Crippen LogP contribution in [0.1, 0.15) is 51.9 Å². The number of halogens is 2. The Morgan fingerprint density at radius 2 is 1.71 bits per heavy atom. The fraction of sp³-hybridized carbons (Fsp3) is 0.909. The lowest BCUT2D eigenvalue weighted by atomic mass is 9.92. The molecular weight excluding hydrogens is 186 g/mol. The third-order valence-corrected chi connectivity index (χ3v) is 3.03. The molecule has 0 unspecified atom stereocenters. The summed E-state index contributed by atoms with van der Waals surface area (Å²) in [4.78, 5) is 10.7. The predicted molar refractivity (Wildman–Crippen MR) is 51.4 cm³/mol. The number of Topliss-reactive ketones (excluding diaryl/α,β-unsaturated/α-hetero) is 1. The van der Waals surface area contributed by atoms with Crippen LogP contribution in [0.2, 0.25) is 0 Å². The van der Waals surface area contributed by atoms with Crippen molar-refractivity contribution in [2.45, 2.75) is 57.8 Å². The zero-order valence-electron chi connectivity index (χ0n) is 8.69. The Balaban J connectivity index is 2.45. The summed E-state index contributed by atoms with van der Waals surface area (Å²) in [5, 5.41) is 0. The number of hydrogen-bond acceptors (Lipinski definition) is 1. The average molecular weight is 204 g/mol. The van der Waals surface area contributed by atoms with Gasteiger partial charge in [-0.2, -0.15) is 8.78 Å². The van der Waals surface area contributed by atoms with Gasteiger partial charge in [-0.25, -0.2) is 0 Å². The van der Waals surface area contributed by atoms with Crippen LogP contribution in [0.5, 0.6) is 0 Å². The number of rotatable bonds is 3. The molecule has 14 heavy (non-hydrogen) atoms. The van der Waals surface area contributed by atoms with Crippen LogP contribution in [0, 0.1) is 5.92 Å². The standard InChI is InChI=1S/C11H18F2O/c1-9(14)11(12,13)8-10-6-4-2-3-5-7-10/h10H,2-8H2,1H3. The molecule has 0 aromatic rings. The Bertz CT molecular complexity index is 193. The largest absolute Gasteiger partial charge is 0.305 e. The van der Waals surface area contributed by atoms with E-state index in [0.717, 1.165) is 45.4 Å². The Morgan fingerprint density at radius 3 is 2.14 bits per heavy atom. The fourth-order valence-electron chi connectivity index (χ4n) is 2.07. The van der Waals surface area contributed by atoms with Gasteiger partial charge in [-0.05, 0) is 5.92 Å². The van der Waals surface area contributed by atoms with Crippen molar-refractivity contribution < 1.29 is 13.6 Å². The van der Waals surface area contributed by atoms with Crippen molar-refractivity contribution in [3.63, 3.8) is 0 Å². The van der Waals surface area contributed by atoms with Crippen LogP contribution in [0.3, 0.4) is 0 Å². The number of alkyl halides is 2. The molecule has 1 saturated carbocycles. The van der Waals surface area contributed by atoms with Crippen molar-refractivity contribution in [2.75, 3.05) is 0 Å². The fourth-order valence-corrected chi connectivity index (χ4v) is 2.07. The third kappa shape index (κ3) is 3.35. The second kappa shape index (κ2) is 4.85. The molecular formula is C11H18F2O. The van der Waals surface area contributed by atoms with Gasteiger partial charge in [0.1, 0.15) is 0 Å². The molecule has 1 nitrogen and oxygen atoms in total. The predicted octanol–water partition coefficient (Wildman–Crippen LogP) is 3.57. The second-order valence-corrected chi connectivity index (χ2v) is 4.32. The molecule has 0 amide bonds. The Labute approximate surface area is 83.9 Å². The number of carbonyl (C=O) groups is 1. The molecule has 1 aliphatic rings. The lowest BCUT2D eigenvalue weighted by molar-refractivity contribution is -0.143. The van der Waals surface area contributed by atoms with Crippen molar-refractivity contribution in [1.29, 1.82) is 0 Å². The van der Waals surface area contributed by atoms with E-state index in [1.807, 2.05) is 0 Å². The van der Waals surface area contributed by atoms with Crippen molar-refractivity contribution >= 4 is 5.78 Å². The summed E-state index contributed by atoms with van der Waals surface area (Å²) >= 11 is 0. The summed E-state index contributed by atoms with van der Waals surface area (Å²) in [6.07, 6.45) is 5.88. The van der Waals surface area contributed by atoms with E-state index >= 15 is 0 Å². The maximum Gasteiger partial charge on any atom is 0.305 e. The minimum Gasteiger partial charge on any atom is -0.293 e. The molecule has 0 spiro atoms. The van der Waals surface area contributed by atoms with Crippen molar-refractivity contribution in [3.8, 4) is 0 Å². The van der Waals surface area contributed by atoms with Crippen LogP contribution in [-0.4, -0.2) is 11.7 Å². The number of hydrogen-bond donors (Lipinski definition) is 0. The van der Waals surface area contributed by atoms with Gasteiger partial charge in [0, 0.05) is 13.3 Å². The van der Waals surface area contributed by atoms with Crippen molar-refractivity contribution in [1.82, 2.24) is 0 Å². The summed E-state index contributed by atoms with van der Waals surface area (Å²) in [5.41, 5.74) is 0. The summed E-state index contributed by atoms with van der Waals surface area (Å²) in [5.74, 6) is -4.02. The molecule has 1 fully saturated rings. The van der Waals surface area contributed by atoms with E-state index < -0.39 is 11.7 Å². The first-order valence-electron chi connectivity index (χ1n) is 5.41. The molecule has 0 aliphatic heterocycles. The average Bonchev–Trinajstić information content (AvgIpc) is 2.32. The molecule has 82 valence electrons. The van der Waals surface area contributed by atoms with Crippen molar-refractivity contribution in [2.24, 2.45) is 5.92 Å². The summed E-state index contributed by atoms with van der Waals surface area (Å²) in [7, 11) is 0. The van der Waals surface area contributed by atoms with Gasteiger partial charge in [-0.1, -0.05) is 38.5 Å². The number of ketones is 1. The van der Waals surface area contributed by atoms with Gasteiger partial charge in [0.15, 0.2) is 5.78 Å². The molecule has 0 aromatic carbocycles. The lowest BCUT2D eigenvalue weighted by Crippen LogP contribution is -2.29. The summed E-state index contributed by atoms with van der Waals surface area (Å²) in [6, 6.07) is 0. The third-order valence-electron chi connectivity index (χ3n) is 3.03. The maximum atomic E-state index is 13.1.